The minimum atomic E-state index is -0.596. The van der Waals surface area contributed by atoms with Gasteiger partial charge in [0.1, 0.15) is 17.3 Å². The Morgan fingerprint density at radius 1 is 0.430 bits per heavy atom. The first-order valence-corrected chi connectivity index (χ1v) is 31.8. The van der Waals surface area contributed by atoms with E-state index in [1.807, 2.05) is 30.5 Å². The first kappa shape index (κ1) is 50.5. The van der Waals surface area contributed by atoms with Gasteiger partial charge in [0.05, 0.1) is 58.8 Å². The maximum Gasteiger partial charge on any atom is 0.269 e. The van der Waals surface area contributed by atoms with Gasteiger partial charge in [0.25, 0.3) is 6.33 Å². The number of fused-ring (bicyclic) bond motifs is 4. The van der Waals surface area contributed by atoms with Crippen molar-refractivity contribution in [3.63, 3.8) is 0 Å². The molecule has 6 nitrogen and oxygen atoms in total. The molecular weight excluding hydrogens is 1130 g/mol. The van der Waals surface area contributed by atoms with Crippen LogP contribution in [0.4, 0.5) is 0 Å². The summed E-state index contributed by atoms with van der Waals surface area (Å²) in [5.41, 5.74) is 15.7. The van der Waals surface area contributed by atoms with Gasteiger partial charge in [-0.1, -0.05) is 249 Å². The summed E-state index contributed by atoms with van der Waals surface area (Å²) in [7, 11) is 0. The standard InChI is InChI=1S/C87H83N5O/c1-83(2,3)65-37-38-89-81(51-65)92-77-36-33-59(60-41-61(63-44-66(84(4,5)6)49-67(45-63)85(7,8)9)43-62(42-60)64-46-68(86(10,11)12)50-69(47-64)87(13,14)15)48-76(77)75-35-34-71(53-80(75)92)93-72-40-56(54-88)39-70(52-72)90-55-91(79-32-23-22-31-78(79)90)82-73(57-25-18-16-19-26-57)29-24-30-74(82)58-27-20-17-21-28-58/h16-53H,1-15H3/i16D,17D,18D,19D,20D,21D,25D,26D,27D,28D. The molecular formula is C87H83N5O. The molecule has 0 N–H and O–H groups in total. The number of hydrogen-bond acceptors (Lipinski definition) is 3. The number of nitrogens with zero attached hydrogens (tertiary/aromatic N) is 5. The SMILES string of the molecule is [2H]c1c([2H])c([2H])c(-c2cccc(-c3c([2H])c([2H])c([2H])c([2H])c3[2H])c2-[n+]2[c-]n(-c3cc(C#N)cc(Oc4ccc5c6cc(-c7cc(-c8cc(C(C)(C)C)cc(C(C)(C)C)c8)cc(-c8cc(C(C)(C)C)cc(C(C)(C)C)c8)c7)ccc6n(-c6cc(C(C)(C)C)ccn6)c5c4)c3)c3ccccc32)c([2H])c1[2H]. The third-order valence-corrected chi connectivity index (χ3v) is 17.7. The number of aromatic nitrogens is 4. The van der Waals surface area contributed by atoms with E-state index in [9.17, 15) is 10.7 Å². The Hall–Kier alpha value is -10.1. The average molecular weight is 1220 g/mol. The summed E-state index contributed by atoms with van der Waals surface area (Å²) in [5, 5.41) is 12.8. The van der Waals surface area contributed by atoms with Crippen LogP contribution in [0.15, 0.2) is 230 Å². The van der Waals surface area contributed by atoms with E-state index in [1.54, 1.807) is 57.7 Å². The number of pyridine rings is 1. The number of nitriles is 1. The summed E-state index contributed by atoms with van der Waals surface area (Å²) in [6, 6.07) is 52.1. The lowest BCUT2D eigenvalue weighted by Gasteiger charge is -2.27. The van der Waals surface area contributed by atoms with Crippen molar-refractivity contribution in [2.24, 2.45) is 0 Å². The highest BCUT2D eigenvalue weighted by Crippen LogP contribution is 2.44. The zero-order valence-electron chi connectivity index (χ0n) is 65.8. The van der Waals surface area contributed by atoms with Crippen molar-refractivity contribution in [3.8, 4) is 90.4 Å². The molecule has 0 unspecified atom stereocenters. The highest BCUT2D eigenvalue weighted by atomic mass is 16.5. The molecule has 93 heavy (non-hydrogen) atoms. The smallest absolute Gasteiger partial charge is 0.269 e. The number of ether oxygens (including phenoxy) is 1. The molecule has 0 amide bonds. The Labute approximate surface area is 564 Å². The van der Waals surface area contributed by atoms with Crippen LogP contribution in [0, 0.1) is 17.7 Å². The van der Waals surface area contributed by atoms with Crippen LogP contribution >= 0.6 is 0 Å². The molecule has 0 aliphatic carbocycles. The van der Waals surface area contributed by atoms with Gasteiger partial charge in [0.15, 0.2) is 0 Å². The lowest BCUT2D eigenvalue weighted by Crippen LogP contribution is -2.31. The average Bonchev–Trinajstić information content (AvgIpc) is 1.67. The summed E-state index contributed by atoms with van der Waals surface area (Å²) >= 11 is 0. The minimum absolute atomic E-state index is 0.103. The highest BCUT2D eigenvalue weighted by molar-refractivity contribution is 6.11. The Balaban J connectivity index is 0.992. The zero-order valence-corrected chi connectivity index (χ0v) is 55.8. The summed E-state index contributed by atoms with van der Waals surface area (Å²) in [6.45, 7) is 34.0. The molecule has 462 valence electrons. The van der Waals surface area contributed by atoms with E-state index >= 15 is 0 Å². The van der Waals surface area contributed by atoms with Crippen LogP contribution in [0.1, 0.15) is 151 Å². The van der Waals surface area contributed by atoms with Gasteiger partial charge in [-0.2, -0.15) is 5.26 Å². The number of imidazole rings is 1. The first-order valence-electron chi connectivity index (χ1n) is 36.8. The summed E-state index contributed by atoms with van der Waals surface area (Å²) in [5.74, 6) is 1.50. The van der Waals surface area contributed by atoms with Crippen molar-refractivity contribution >= 4 is 32.8 Å². The molecule has 0 aliphatic rings. The van der Waals surface area contributed by atoms with Crippen LogP contribution in [0.5, 0.6) is 11.5 Å². The van der Waals surface area contributed by atoms with Crippen molar-refractivity contribution in [3.05, 3.63) is 270 Å². The van der Waals surface area contributed by atoms with Gasteiger partial charge in [-0.25, -0.2) is 4.98 Å². The van der Waals surface area contributed by atoms with Gasteiger partial charge in [-0.05, 0) is 183 Å². The molecule has 0 atom stereocenters. The lowest BCUT2D eigenvalue weighted by molar-refractivity contribution is -0.571. The number of para-hydroxylation sites is 3. The number of hydrogen-bond donors (Lipinski definition) is 0. The molecule has 0 fully saturated rings. The van der Waals surface area contributed by atoms with Crippen LogP contribution < -0.4 is 9.30 Å². The molecule has 0 spiro atoms. The summed E-state index contributed by atoms with van der Waals surface area (Å²) in [4.78, 5) is 5.07. The summed E-state index contributed by atoms with van der Waals surface area (Å²) < 4.78 is 101. The first-order chi connectivity index (χ1) is 48.3. The van der Waals surface area contributed by atoms with Gasteiger partial charge < -0.3 is 4.74 Å². The third kappa shape index (κ3) is 12.2. The van der Waals surface area contributed by atoms with Crippen molar-refractivity contribution < 1.29 is 23.0 Å². The van der Waals surface area contributed by atoms with Gasteiger partial charge in [-0.15, -0.1) is 0 Å². The van der Waals surface area contributed by atoms with Crippen molar-refractivity contribution in [1.29, 1.82) is 5.26 Å². The second kappa shape index (κ2) is 23.2. The molecule has 13 aromatic rings. The fourth-order valence-electron chi connectivity index (χ4n) is 12.3. The monoisotopic (exact) mass is 1220 g/mol. The topological polar surface area (TPSA) is 59.6 Å². The second-order valence-electron chi connectivity index (χ2n) is 29.7. The molecule has 3 heterocycles. The van der Waals surface area contributed by atoms with Gasteiger partial charge in [0, 0.05) is 23.0 Å². The zero-order chi connectivity index (χ0) is 74.2. The Morgan fingerprint density at radius 2 is 0.957 bits per heavy atom. The molecule has 0 saturated heterocycles. The Morgan fingerprint density at radius 3 is 1.49 bits per heavy atom. The van der Waals surface area contributed by atoms with Gasteiger partial charge in [-0.3, -0.25) is 13.7 Å². The number of rotatable bonds is 10. The van der Waals surface area contributed by atoms with Crippen LogP contribution in [0.25, 0.3) is 106 Å². The second-order valence-corrected chi connectivity index (χ2v) is 29.7. The predicted octanol–water partition coefficient (Wildman–Crippen LogP) is 22.7. The maximum absolute atomic E-state index is 10.8. The third-order valence-electron chi connectivity index (χ3n) is 17.7. The molecule has 0 saturated carbocycles. The molecule has 0 radical (unpaired) electrons. The van der Waals surface area contributed by atoms with E-state index in [4.69, 9.17) is 17.9 Å². The highest BCUT2D eigenvalue weighted by Gasteiger charge is 2.27. The molecule has 0 bridgehead atoms. The quantitative estimate of drug-likeness (QED) is 0.101. The molecule has 13 rings (SSSR count). The predicted molar refractivity (Wildman–Crippen MR) is 388 cm³/mol. The minimum Gasteiger partial charge on any atom is -0.458 e. The van der Waals surface area contributed by atoms with Gasteiger partial charge >= 0.3 is 0 Å². The van der Waals surface area contributed by atoms with Crippen LogP contribution in [0.2, 0.25) is 0 Å². The van der Waals surface area contributed by atoms with E-state index in [2.05, 4.69) is 212 Å². The largest absolute Gasteiger partial charge is 0.458 e. The fourth-order valence-corrected chi connectivity index (χ4v) is 12.3. The fraction of sp³-hybridized carbons (Fsp3) is 0.230. The van der Waals surface area contributed by atoms with E-state index < -0.39 is 60.4 Å². The maximum atomic E-state index is 10.8. The van der Waals surface area contributed by atoms with E-state index in [0.29, 0.717) is 28.2 Å². The van der Waals surface area contributed by atoms with Crippen LogP contribution in [0.3, 0.4) is 0 Å². The van der Waals surface area contributed by atoms with Crippen molar-refractivity contribution in [1.82, 2.24) is 14.1 Å². The molecule has 6 heteroatoms. The van der Waals surface area contributed by atoms with E-state index in [-0.39, 0.29) is 60.6 Å². The molecule has 0 aliphatic heterocycles. The van der Waals surface area contributed by atoms with E-state index in [1.165, 1.54) is 22.3 Å². The molecule has 3 aromatic heterocycles. The van der Waals surface area contributed by atoms with Crippen LogP contribution in [-0.2, 0) is 27.1 Å². The van der Waals surface area contributed by atoms with E-state index in [0.717, 1.165) is 66.6 Å². The normalized spacial score (nSPS) is 14.0. The lowest BCUT2D eigenvalue weighted by atomic mass is 9.78. The van der Waals surface area contributed by atoms with Crippen molar-refractivity contribution in [2.75, 3.05) is 0 Å². The van der Waals surface area contributed by atoms with Gasteiger partial charge in [0.2, 0.25) is 0 Å². The Bertz CT molecular complexity index is 5420. The number of benzene rings is 10. The Kier molecular flexibility index (Phi) is 12.6. The molecule has 10 aromatic carbocycles. The summed E-state index contributed by atoms with van der Waals surface area (Å²) in [6.07, 6.45) is 5.31. The van der Waals surface area contributed by atoms with Crippen molar-refractivity contribution in [2.45, 2.75) is 131 Å². The van der Waals surface area contributed by atoms with Crippen LogP contribution in [-0.4, -0.2) is 14.1 Å².